The molecule has 1 unspecified atom stereocenters. The number of nitrogens with one attached hydrogen (secondary N) is 1. The summed E-state index contributed by atoms with van der Waals surface area (Å²) in [5, 5.41) is 1.68. The molecule has 0 spiro atoms. The van der Waals surface area contributed by atoms with Crippen LogP contribution in [0.25, 0.3) is 0 Å². The molecule has 13 heteroatoms. The third kappa shape index (κ3) is 5.97. The molecule has 1 atom stereocenters. The molecule has 0 saturated carbocycles. The summed E-state index contributed by atoms with van der Waals surface area (Å²) in [5.41, 5.74) is 0.673. The molecular formula is C28H37FN4O7S. The molecule has 0 radical (unpaired) electrons. The van der Waals surface area contributed by atoms with Crippen LogP contribution in [-0.4, -0.2) is 89.4 Å². The monoisotopic (exact) mass is 592 g/mol. The van der Waals surface area contributed by atoms with E-state index in [0.29, 0.717) is 49.9 Å². The van der Waals surface area contributed by atoms with E-state index in [1.807, 2.05) is 0 Å². The minimum Gasteiger partial charge on any atom is -0.444 e. The van der Waals surface area contributed by atoms with Crippen LogP contribution >= 0.6 is 0 Å². The van der Waals surface area contributed by atoms with Crippen LogP contribution < -0.4 is 5.32 Å². The first-order valence-corrected chi connectivity index (χ1v) is 15.7. The van der Waals surface area contributed by atoms with Gasteiger partial charge in [-0.25, -0.2) is 21.9 Å². The second-order valence-electron chi connectivity index (χ2n) is 12.3. The van der Waals surface area contributed by atoms with E-state index >= 15 is 4.39 Å². The highest BCUT2D eigenvalue weighted by Gasteiger charge is 2.41. The molecule has 3 fully saturated rings. The molecule has 0 bridgehead atoms. The Kier molecular flexibility index (Phi) is 7.88. The summed E-state index contributed by atoms with van der Waals surface area (Å²) in [6.07, 6.45) is 1.48. The van der Waals surface area contributed by atoms with E-state index in [2.05, 4.69) is 5.32 Å². The van der Waals surface area contributed by atoms with Gasteiger partial charge in [0.05, 0.1) is 5.25 Å². The number of piperidine rings is 3. The molecule has 4 heterocycles. The fourth-order valence-corrected chi connectivity index (χ4v) is 8.16. The zero-order valence-corrected chi connectivity index (χ0v) is 24.5. The number of imide groups is 1. The quantitative estimate of drug-likeness (QED) is 0.531. The van der Waals surface area contributed by atoms with E-state index in [9.17, 15) is 27.6 Å². The number of likely N-dealkylation sites (tertiary alicyclic amines) is 1. The second-order valence-corrected chi connectivity index (χ2v) is 14.5. The van der Waals surface area contributed by atoms with Crippen LogP contribution in [0.3, 0.4) is 0 Å². The lowest BCUT2D eigenvalue weighted by atomic mass is 9.88. The molecule has 0 aliphatic carbocycles. The van der Waals surface area contributed by atoms with Crippen LogP contribution in [0, 0.1) is 5.82 Å². The SMILES string of the molecule is CC(C)(C)OC(=O)N1CCC(S(=O)(=O)N2CCC(c3cc4c(cc3F)C(=O)N(C3CCC(=O)NC3=O)C4)CC2)CC1. The minimum absolute atomic E-state index is 0.139. The van der Waals surface area contributed by atoms with E-state index in [0.717, 1.165) is 0 Å². The van der Waals surface area contributed by atoms with E-state index in [1.54, 1.807) is 31.7 Å². The lowest BCUT2D eigenvalue weighted by molar-refractivity contribution is -0.136. The predicted molar refractivity (Wildman–Crippen MR) is 146 cm³/mol. The normalized spacial score (nSPS) is 23.5. The van der Waals surface area contributed by atoms with E-state index in [1.165, 1.54) is 15.3 Å². The van der Waals surface area contributed by atoms with Crippen molar-refractivity contribution in [2.75, 3.05) is 26.2 Å². The van der Waals surface area contributed by atoms with Crippen molar-refractivity contribution in [1.82, 2.24) is 19.4 Å². The van der Waals surface area contributed by atoms with Gasteiger partial charge in [-0.05, 0) is 76.0 Å². The first-order chi connectivity index (χ1) is 19.2. The molecule has 1 N–H and O–H groups in total. The van der Waals surface area contributed by atoms with Gasteiger partial charge >= 0.3 is 6.09 Å². The number of amides is 4. The first-order valence-electron chi connectivity index (χ1n) is 14.2. The van der Waals surface area contributed by atoms with Crippen molar-refractivity contribution < 1.29 is 36.7 Å². The lowest BCUT2D eigenvalue weighted by Gasteiger charge is -2.37. The number of benzene rings is 1. The highest BCUT2D eigenvalue weighted by Crippen LogP contribution is 2.36. The summed E-state index contributed by atoms with van der Waals surface area (Å²) in [6, 6.07) is 2.12. The van der Waals surface area contributed by atoms with Gasteiger partial charge < -0.3 is 14.5 Å². The number of carbonyl (C=O) groups excluding carboxylic acids is 4. The maximum Gasteiger partial charge on any atom is 0.410 e. The standard InChI is InChI=1S/C28H37FN4O7S/c1-28(2,3)40-27(37)31-10-8-19(9-11-31)41(38,39)32-12-6-17(7-13-32)20-14-18-16-33(26(36)21(18)15-22(20)29)23-4-5-24(34)30-25(23)35/h14-15,17,19,23H,4-13,16H2,1-3H3,(H,30,34,35). The fourth-order valence-electron chi connectivity index (χ4n) is 6.22. The van der Waals surface area contributed by atoms with Crippen molar-refractivity contribution >= 4 is 33.8 Å². The second kappa shape index (κ2) is 11.0. The maximum atomic E-state index is 15.3. The summed E-state index contributed by atoms with van der Waals surface area (Å²) in [5.74, 6) is -2.05. The Hall–Kier alpha value is -3.06. The molecule has 0 aromatic heterocycles. The van der Waals surface area contributed by atoms with Crippen molar-refractivity contribution in [2.45, 2.75) is 88.7 Å². The Morgan fingerprint density at radius 3 is 2.27 bits per heavy atom. The molecule has 1 aromatic rings. The fraction of sp³-hybridized carbons (Fsp3) is 0.643. The summed E-state index contributed by atoms with van der Waals surface area (Å²) in [7, 11) is -3.58. The molecule has 1 aromatic carbocycles. The Labute approximate surface area is 239 Å². The molecular weight excluding hydrogens is 555 g/mol. The Morgan fingerprint density at radius 1 is 1.00 bits per heavy atom. The van der Waals surface area contributed by atoms with Gasteiger partial charge in [0.1, 0.15) is 17.5 Å². The summed E-state index contributed by atoms with van der Waals surface area (Å²) in [4.78, 5) is 52.1. The largest absolute Gasteiger partial charge is 0.444 e. The smallest absolute Gasteiger partial charge is 0.410 e. The third-order valence-electron chi connectivity index (χ3n) is 8.41. The Morgan fingerprint density at radius 2 is 1.66 bits per heavy atom. The van der Waals surface area contributed by atoms with Gasteiger partial charge in [-0.3, -0.25) is 19.7 Å². The van der Waals surface area contributed by atoms with E-state index in [4.69, 9.17) is 4.74 Å². The van der Waals surface area contributed by atoms with Crippen LogP contribution in [0.1, 0.15) is 86.7 Å². The van der Waals surface area contributed by atoms with Crippen LogP contribution in [0.5, 0.6) is 0 Å². The highest BCUT2D eigenvalue weighted by atomic mass is 32.2. The Bertz CT molecular complexity index is 1360. The zero-order valence-electron chi connectivity index (χ0n) is 23.7. The van der Waals surface area contributed by atoms with Gasteiger partial charge in [0.2, 0.25) is 21.8 Å². The number of hydrogen-bond acceptors (Lipinski definition) is 7. The van der Waals surface area contributed by atoms with E-state index < -0.39 is 50.6 Å². The molecule has 4 aliphatic heterocycles. The summed E-state index contributed by atoms with van der Waals surface area (Å²) < 4.78 is 48.9. The number of fused-ring (bicyclic) bond motifs is 1. The van der Waals surface area contributed by atoms with Crippen molar-refractivity contribution in [3.8, 4) is 0 Å². The van der Waals surface area contributed by atoms with Crippen LogP contribution in [0.2, 0.25) is 0 Å². The topological polar surface area (TPSA) is 133 Å². The summed E-state index contributed by atoms with van der Waals surface area (Å²) >= 11 is 0. The van der Waals surface area contributed by atoms with Crippen molar-refractivity contribution in [2.24, 2.45) is 0 Å². The Balaban J connectivity index is 1.19. The first kappa shape index (κ1) is 29.4. The number of carbonyl (C=O) groups is 4. The van der Waals surface area contributed by atoms with Gasteiger partial charge in [0.15, 0.2) is 0 Å². The van der Waals surface area contributed by atoms with E-state index in [-0.39, 0.29) is 49.9 Å². The molecule has 4 amide bonds. The van der Waals surface area contributed by atoms with Crippen molar-refractivity contribution in [1.29, 1.82) is 0 Å². The van der Waals surface area contributed by atoms with Gasteiger partial charge in [-0.15, -0.1) is 0 Å². The number of rotatable bonds is 4. The maximum absolute atomic E-state index is 15.3. The minimum atomic E-state index is -3.58. The molecule has 11 nitrogen and oxygen atoms in total. The molecule has 41 heavy (non-hydrogen) atoms. The van der Waals surface area contributed by atoms with Crippen molar-refractivity contribution in [3.63, 3.8) is 0 Å². The zero-order chi connectivity index (χ0) is 29.7. The third-order valence-corrected chi connectivity index (χ3v) is 10.8. The molecule has 5 rings (SSSR count). The highest BCUT2D eigenvalue weighted by molar-refractivity contribution is 7.89. The summed E-state index contributed by atoms with van der Waals surface area (Å²) in [6.45, 7) is 6.66. The molecule has 224 valence electrons. The van der Waals surface area contributed by atoms with Crippen LogP contribution in [0.4, 0.5) is 9.18 Å². The van der Waals surface area contributed by atoms with Gasteiger partial charge in [-0.1, -0.05) is 6.07 Å². The molecule has 4 aliphatic rings. The average molecular weight is 593 g/mol. The van der Waals surface area contributed by atoms with Gasteiger partial charge in [0.25, 0.3) is 5.91 Å². The van der Waals surface area contributed by atoms with Gasteiger partial charge in [-0.2, -0.15) is 0 Å². The predicted octanol–water partition coefficient (Wildman–Crippen LogP) is 2.50. The van der Waals surface area contributed by atoms with Crippen molar-refractivity contribution in [3.05, 3.63) is 34.6 Å². The number of hydrogen-bond donors (Lipinski definition) is 1. The number of sulfonamides is 1. The molecule has 3 saturated heterocycles. The number of nitrogens with zero attached hydrogens (tertiary/aromatic N) is 3. The number of halogens is 1. The average Bonchev–Trinajstić information content (AvgIpc) is 3.22. The van der Waals surface area contributed by atoms with Gasteiger partial charge in [0, 0.05) is 44.7 Å². The van der Waals surface area contributed by atoms with Crippen LogP contribution in [-0.2, 0) is 30.9 Å². The van der Waals surface area contributed by atoms with Crippen LogP contribution in [0.15, 0.2) is 12.1 Å². The number of ether oxygens (including phenoxy) is 1. The lowest BCUT2D eigenvalue weighted by Crippen LogP contribution is -2.52.